The van der Waals surface area contributed by atoms with Crippen molar-refractivity contribution in [2.75, 3.05) is 27.2 Å². The van der Waals surface area contributed by atoms with Crippen LogP contribution in [0, 0.1) is 0 Å². The number of aliphatic hydroxyl groups is 1. The Hall–Kier alpha value is -0.650. The highest BCUT2D eigenvalue weighted by molar-refractivity contribution is 5.80. The molecule has 0 aliphatic heterocycles. The standard InChI is InChI=1S/C11H24N2O3/c1-8(2)16-7-10(14)6-12-9(3)11(15)13(4)5/h8-10,12,14H,6-7H2,1-5H3. The lowest BCUT2D eigenvalue weighted by atomic mass is 10.2. The highest BCUT2D eigenvalue weighted by atomic mass is 16.5. The number of nitrogens with zero attached hydrogens (tertiary/aromatic N) is 1. The predicted octanol–water partition coefficient (Wildman–Crippen LogP) is -0.161. The predicted molar refractivity (Wildman–Crippen MR) is 63.3 cm³/mol. The molecule has 2 N–H and O–H groups in total. The number of carbonyl (C=O) groups excluding carboxylic acids is 1. The molecular weight excluding hydrogens is 208 g/mol. The number of hydrogen-bond donors (Lipinski definition) is 2. The summed E-state index contributed by atoms with van der Waals surface area (Å²) in [6.45, 7) is 6.25. The van der Waals surface area contributed by atoms with Crippen molar-refractivity contribution in [1.29, 1.82) is 0 Å². The van der Waals surface area contributed by atoms with E-state index in [1.54, 1.807) is 21.0 Å². The molecule has 2 unspecified atom stereocenters. The summed E-state index contributed by atoms with van der Waals surface area (Å²) in [6, 6.07) is -0.288. The van der Waals surface area contributed by atoms with Gasteiger partial charge in [0.05, 0.1) is 24.9 Å². The fourth-order valence-electron chi connectivity index (χ4n) is 1.15. The van der Waals surface area contributed by atoms with Gasteiger partial charge in [0, 0.05) is 20.6 Å². The van der Waals surface area contributed by atoms with Crippen molar-refractivity contribution < 1.29 is 14.6 Å². The van der Waals surface area contributed by atoms with E-state index in [2.05, 4.69) is 5.32 Å². The molecule has 96 valence electrons. The van der Waals surface area contributed by atoms with Gasteiger partial charge in [0.15, 0.2) is 0 Å². The van der Waals surface area contributed by atoms with Crippen LogP contribution in [-0.4, -0.2) is 61.4 Å². The first-order chi connectivity index (χ1) is 7.34. The van der Waals surface area contributed by atoms with Gasteiger partial charge in [-0.3, -0.25) is 4.79 Å². The van der Waals surface area contributed by atoms with E-state index in [1.165, 1.54) is 4.90 Å². The summed E-state index contributed by atoms with van der Waals surface area (Å²) in [4.78, 5) is 13.0. The van der Waals surface area contributed by atoms with Gasteiger partial charge in [0.1, 0.15) is 0 Å². The van der Waals surface area contributed by atoms with Gasteiger partial charge < -0.3 is 20.1 Å². The molecule has 0 radical (unpaired) electrons. The van der Waals surface area contributed by atoms with Crippen LogP contribution in [-0.2, 0) is 9.53 Å². The smallest absolute Gasteiger partial charge is 0.238 e. The van der Waals surface area contributed by atoms with Gasteiger partial charge >= 0.3 is 0 Å². The number of rotatable bonds is 7. The van der Waals surface area contributed by atoms with E-state index in [0.717, 1.165) is 0 Å². The molecule has 16 heavy (non-hydrogen) atoms. The van der Waals surface area contributed by atoms with Crippen LogP contribution in [0.25, 0.3) is 0 Å². The van der Waals surface area contributed by atoms with Gasteiger partial charge in [-0.2, -0.15) is 0 Å². The largest absolute Gasteiger partial charge is 0.389 e. The molecule has 0 saturated heterocycles. The Morgan fingerprint density at radius 3 is 2.38 bits per heavy atom. The highest BCUT2D eigenvalue weighted by Crippen LogP contribution is 1.93. The maximum Gasteiger partial charge on any atom is 0.238 e. The van der Waals surface area contributed by atoms with E-state index in [0.29, 0.717) is 6.54 Å². The molecule has 0 aliphatic carbocycles. The highest BCUT2D eigenvalue weighted by Gasteiger charge is 2.15. The molecule has 0 bridgehead atoms. The van der Waals surface area contributed by atoms with Crippen LogP contribution in [0.1, 0.15) is 20.8 Å². The molecule has 5 heteroatoms. The van der Waals surface area contributed by atoms with Crippen LogP contribution >= 0.6 is 0 Å². The van der Waals surface area contributed by atoms with Crippen molar-refractivity contribution in [3.63, 3.8) is 0 Å². The van der Waals surface area contributed by atoms with Crippen molar-refractivity contribution in [2.24, 2.45) is 0 Å². The maximum atomic E-state index is 11.5. The first kappa shape index (κ1) is 15.3. The second-order valence-corrected chi connectivity index (χ2v) is 4.40. The molecular formula is C11H24N2O3. The minimum atomic E-state index is -0.584. The van der Waals surface area contributed by atoms with Gasteiger partial charge in [-0.25, -0.2) is 0 Å². The summed E-state index contributed by atoms with van der Waals surface area (Å²) >= 11 is 0. The van der Waals surface area contributed by atoms with Gasteiger partial charge in [-0.05, 0) is 20.8 Å². The van der Waals surface area contributed by atoms with E-state index in [4.69, 9.17) is 4.74 Å². The van der Waals surface area contributed by atoms with Crippen LogP contribution in [0.15, 0.2) is 0 Å². The minimum Gasteiger partial charge on any atom is -0.389 e. The molecule has 0 spiro atoms. The molecule has 0 aromatic carbocycles. The van der Waals surface area contributed by atoms with E-state index in [9.17, 15) is 9.90 Å². The first-order valence-electron chi connectivity index (χ1n) is 5.58. The lowest BCUT2D eigenvalue weighted by molar-refractivity contribution is -0.130. The van der Waals surface area contributed by atoms with Gasteiger partial charge in [-0.1, -0.05) is 0 Å². The zero-order valence-corrected chi connectivity index (χ0v) is 10.9. The van der Waals surface area contributed by atoms with E-state index in [1.807, 2.05) is 13.8 Å². The normalized spacial score (nSPS) is 14.9. The Morgan fingerprint density at radius 1 is 1.38 bits per heavy atom. The average Bonchev–Trinajstić information content (AvgIpc) is 2.21. The number of aliphatic hydroxyl groups excluding tert-OH is 1. The summed E-state index contributed by atoms with van der Waals surface area (Å²) in [7, 11) is 3.41. The molecule has 2 atom stereocenters. The molecule has 0 rings (SSSR count). The monoisotopic (exact) mass is 232 g/mol. The van der Waals surface area contributed by atoms with Crippen molar-refractivity contribution >= 4 is 5.91 Å². The molecule has 5 nitrogen and oxygen atoms in total. The van der Waals surface area contributed by atoms with Gasteiger partial charge in [0.25, 0.3) is 0 Å². The quantitative estimate of drug-likeness (QED) is 0.640. The lowest BCUT2D eigenvalue weighted by Gasteiger charge is -2.20. The van der Waals surface area contributed by atoms with Crippen molar-refractivity contribution in [3.8, 4) is 0 Å². The molecule has 0 aliphatic rings. The number of carbonyl (C=O) groups is 1. The van der Waals surface area contributed by atoms with Gasteiger partial charge in [0.2, 0.25) is 5.91 Å². The fourth-order valence-corrected chi connectivity index (χ4v) is 1.15. The molecule has 0 aromatic rings. The third-order valence-corrected chi connectivity index (χ3v) is 2.09. The molecule has 1 amide bonds. The molecule has 0 aromatic heterocycles. The Morgan fingerprint density at radius 2 is 1.94 bits per heavy atom. The third-order valence-electron chi connectivity index (χ3n) is 2.09. The Balaban J connectivity index is 3.74. The lowest BCUT2D eigenvalue weighted by Crippen LogP contribution is -2.45. The molecule has 0 saturated carbocycles. The second kappa shape index (κ2) is 7.60. The van der Waals surface area contributed by atoms with Crippen LogP contribution in [0.5, 0.6) is 0 Å². The first-order valence-corrected chi connectivity index (χ1v) is 5.58. The van der Waals surface area contributed by atoms with E-state index < -0.39 is 6.10 Å². The minimum absolute atomic E-state index is 0.00280. The fraction of sp³-hybridized carbons (Fsp3) is 0.909. The Bertz CT molecular complexity index is 207. The van der Waals surface area contributed by atoms with E-state index >= 15 is 0 Å². The van der Waals surface area contributed by atoms with Crippen LogP contribution in [0.4, 0.5) is 0 Å². The zero-order chi connectivity index (χ0) is 12.7. The van der Waals surface area contributed by atoms with Crippen LogP contribution in [0.3, 0.4) is 0 Å². The molecule has 0 heterocycles. The number of amides is 1. The SMILES string of the molecule is CC(C)OCC(O)CNC(C)C(=O)N(C)C. The topological polar surface area (TPSA) is 61.8 Å². The Kier molecular flexibility index (Phi) is 7.29. The van der Waals surface area contributed by atoms with Crippen molar-refractivity contribution in [3.05, 3.63) is 0 Å². The van der Waals surface area contributed by atoms with E-state index in [-0.39, 0.29) is 24.7 Å². The number of hydrogen-bond acceptors (Lipinski definition) is 4. The number of likely N-dealkylation sites (N-methyl/N-ethyl adjacent to an activating group) is 1. The third kappa shape index (κ3) is 6.76. The zero-order valence-electron chi connectivity index (χ0n) is 10.9. The van der Waals surface area contributed by atoms with Gasteiger partial charge in [-0.15, -0.1) is 0 Å². The van der Waals surface area contributed by atoms with Crippen LogP contribution in [0.2, 0.25) is 0 Å². The number of ether oxygens (including phenoxy) is 1. The summed E-state index contributed by atoms with van der Waals surface area (Å²) in [6.07, 6.45) is -0.477. The average molecular weight is 232 g/mol. The van der Waals surface area contributed by atoms with Crippen molar-refractivity contribution in [2.45, 2.75) is 39.0 Å². The summed E-state index contributed by atoms with van der Waals surface area (Å²) in [5, 5.41) is 12.5. The number of nitrogens with one attached hydrogen (secondary N) is 1. The molecule has 0 fully saturated rings. The maximum absolute atomic E-state index is 11.5. The summed E-state index contributed by atoms with van der Waals surface area (Å²) in [5.74, 6) is -0.00280. The second-order valence-electron chi connectivity index (χ2n) is 4.40. The summed E-state index contributed by atoms with van der Waals surface area (Å²) < 4.78 is 5.26. The van der Waals surface area contributed by atoms with Crippen LogP contribution < -0.4 is 5.32 Å². The van der Waals surface area contributed by atoms with Crippen molar-refractivity contribution in [1.82, 2.24) is 10.2 Å². The Labute approximate surface area is 97.8 Å². The summed E-state index contributed by atoms with van der Waals surface area (Å²) in [5.41, 5.74) is 0.